The molecule has 1 N–H and O–H groups in total. The molecule has 3 aromatic heterocycles. The largest absolute Gasteiger partial charge is 0.496 e. The van der Waals surface area contributed by atoms with E-state index < -0.39 is 0 Å². The Hall–Kier alpha value is -3.17. The maximum atomic E-state index is 13.0. The first-order valence-corrected chi connectivity index (χ1v) is 13.0. The fourth-order valence-corrected chi connectivity index (χ4v) is 6.71. The summed E-state index contributed by atoms with van der Waals surface area (Å²) in [4.78, 5) is 35.4. The lowest BCUT2D eigenvalue weighted by Gasteiger charge is -2.42. The third-order valence-corrected chi connectivity index (χ3v) is 8.49. The predicted octanol–water partition coefficient (Wildman–Crippen LogP) is 3.59. The van der Waals surface area contributed by atoms with Crippen molar-refractivity contribution >= 4 is 31.8 Å². The fourth-order valence-electron chi connectivity index (χ4n) is 5.64. The van der Waals surface area contributed by atoms with Gasteiger partial charge in [-0.15, -0.1) is 11.3 Å². The van der Waals surface area contributed by atoms with Crippen molar-refractivity contribution in [1.29, 1.82) is 0 Å². The molecule has 2 aliphatic rings. The van der Waals surface area contributed by atoms with Gasteiger partial charge in [0.2, 0.25) is 0 Å². The monoisotopic (exact) mass is 492 g/mol. The highest BCUT2D eigenvalue weighted by Crippen LogP contribution is 2.46. The summed E-state index contributed by atoms with van der Waals surface area (Å²) in [6, 6.07) is 9.80. The minimum absolute atomic E-state index is 0.223. The molecule has 1 fully saturated rings. The van der Waals surface area contributed by atoms with Gasteiger partial charge >= 0.3 is 5.69 Å². The van der Waals surface area contributed by atoms with Gasteiger partial charge in [-0.1, -0.05) is 6.07 Å². The number of unbranched alkanes of at least 4 members (excludes halogenated alkanes) is 1. The van der Waals surface area contributed by atoms with Crippen LogP contribution >= 0.6 is 11.3 Å². The summed E-state index contributed by atoms with van der Waals surface area (Å²) in [5.41, 5.74) is 1.87. The molecule has 1 aromatic carbocycles. The number of nitrogens with one attached hydrogen (secondary N) is 1. The van der Waals surface area contributed by atoms with Crippen LogP contribution in [0.1, 0.15) is 30.7 Å². The first kappa shape index (κ1) is 22.3. The minimum Gasteiger partial charge on any atom is -0.496 e. The van der Waals surface area contributed by atoms with E-state index in [0.29, 0.717) is 34.1 Å². The minimum atomic E-state index is -0.361. The average Bonchev–Trinajstić information content (AvgIpc) is 3.26. The van der Waals surface area contributed by atoms with E-state index >= 15 is 0 Å². The van der Waals surface area contributed by atoms with Crippen LogP contribution in [-0.2, 0) is 6.54 Å². The van der Waals surface area contributed by atoms with Crippen molar-refractivity contribution in [3.05, 3.63) is 62.9 Å². The van der Waals surface area contributed by atoms with Crippen LogP contribution < -0.4 is 20.7 Å². The first-order chi connectivity index (χ1) is 17.1. The number of ether oxygens (including phenoxy) is 2. The number of methoxy groups -OCH3 is 1. The quantitative estimate of drug-likeness (QED) is 0.414. The second-order valence-corrected chi connectivity index (χ2v) is 10.4. The molecule has 2 atom stereocenters. The zero-order valence-corrected chi connectivity index (χ0v) is 20.5. The van der Waals surface area contributed by atoms with Crippen LogP contribution in [0.25, 0.3) is 20.4 Å². The Kier molecular flexibility index (Phi) is 5.82. The van der Waals surface area contributed by atoms with E-state index in [0.717, 1.165) is 61.7 Å². The van der Waals surface area contributed by atoms with Crippen molar-refractivity contribution < 1.29 is 9.47 Å². The standard InChI is InChI=1S/C26H28N4O4S/c1-33-18-6-4-7-19-21(18)17-9-13-29(14-16(17)15-34-19)11-2-3-12-30-25(31)24-23(28-26(30)32)22-20(35-24)8-5-10-27-22/h4-8,10,16-17H,2-3,9,11-15H2,1H3,(H,28,32)/t16-,17+/m0/s1. The van der Waals surface area contributed by atoms with Crippen molar-refractivity contribution in [2.24, 2.45) is 5.92 Å². The van der Waals surface area contributed by atoms with Crippen LogP contribution in [0.15, 0.2) is 46.1 Å². The number of hydrogen-bond donors (Lipinski definition) is 1. The third kappa shape index (κ3) is 3.92. The summed E-state index contributed by atoms with van der Waals surface area (Å²) in [5, 5.41) is 0. The molecule has 0 bridgehead atoms. The lowest BCUT2D eigenvalue weighted by atomic mass is 9.78. The molecule has 0 amide bonds. The Labute approximate surface area is 206 Å². The number of rotatable bonds is 6. The molecule has 0 aliphatic carbocycles. The molecule has 0 spiro atoms. The zero-order valence-electron chi connectivity index (χ0n) is 19.7. The lowest BCUT2D eigenvalue weighted by molar-refractivity contribution is 0.0902. The zero-order chi connectivity index (χ0) is 23.9. The highest BCUT2D eigenvalue weighted by atomic mass is 32.1. The number of likely N-dealkylation sites (tertiary alicyclic amines) is 1. The number of piperidine rings is 1. The molecule has 8 nitrogen and oxygen atoms in total. The Morgan fingerprint density at radius 3 is 2.97 bits per heavy atom. The number of hydrogen-bond acceptors (Lipinski definition) is 7. The van der Waals surface area contributed by atoms with Crippen LogP contribution in [0.3, 0.4) is 0 Å². The van der Waals surface area contributed by atoms with Crippen LogP contribution in [0.2, 0.25) is 0 Å². The molecule has 0 saturated carbocycles. The van der Waals surface area contributed by atoms with Crippen molar-refractivity contribution in [2.75, 3.05) is 33.4 Å². The van der Waals surface area contributed by atoms with E-state index in [-0.39, 0.29) is 11.2 Å². The van der Waals surface area contributed by atoms with E-state index in [1.165, 1.54) is 21.5 Å². The molecule has 0 unspecified atom stereocenters. The summed E-state index contributed by atoms with van der Waals surface area (Å²) in [6.07, 6.45) is 4.46. The molecular weight excluding hydrogens is 464 g/mol. The number of nitrogens with zero attached hydrogens (tertiary/aromatic N) is 3. The number of H-pyrrole nitrogens is 1. The molecule has 6 rings (SSSR count). The summed E-state index contributed by atoms with van der Waals surface area (Å²) in [5.74, 6) is 2.79. The van der Waals surface area contributed by atoms with Crippen LogP contribution in [0, 0.1) is 5.92 Å². The molecule has 0 radical (unpaired) electrons. The fraction of sp³-hybridized carbons (Fsp3) is 0.423. The van der Waals surface area contributed by atoms with Gasteiger partial charge in [0, 0.05) is 30.8 Å². The van der Waals surface area contributed by atoms with E-state index in [2.05, 4.69) is 14.9 Å². The molecule has 5 heterocycles. The van der Waals surface area contributed by atoms with Crippen LogP contribution in [0.4, 0.5) is 0 Å². The molecule has 35 heavy (non-hydrogen) atoms. The SMILES string of the molecule is COc1cccc2c1[C@@H]1CCN(CCCCn3c(=O)[nH]c4c(sc5cccnc54)c3=O)C[C@H]1CO2. The number of thiophene rings is 1. The molecule has 1 saturated heterocycles. The van der Waals surface area contributed by atoms with Crippen molar-refractivity contribution in [1.82, 2.24) is 19.4 Å². The smallest absolute Gasteiger partial charge is 0.328 e. The van der Waals surface area contributed by atoms with Gasteiger partial charge in [0.15, 0.2) is 0 Å². The maximum Gasteiger partial charge on any atom is 0.328 e. The number of aromatic amines is 1. The van der Waals surface area contributed by atoms with E-state index in [4.69, 9.17) is 9.47 Å². The van der Waals surface area contributed by atoms with E-state index in [1.807, 2.05) is 30.3 Å². The maximum absolute atomic E-state index is 13.0. The molecule has 9 heteroatoms. The normalized spacial score (nSPS) is 19.9. The Morgan fingerprint density at radius 1 is 1.20 bits per heavy atom. The summed E-state index contributed by atoms with van der Waals surface area (Å²) in [7, 11) is 1.72. The highest BCUT2D eigenvalue weighted by molar-refractivity contribution is 7.25. The lowest BCUT2D eigenvalue weighted by Crippen LogP contribution is -2.44. The second kappa shape index (κ2) is 9.13. The Morgan fingerprint density at radius 2 is 2.09 bits per heavy atom. The first-order valence-electron chi connectivity index (χ1n) is 12.2. The predicted molar refractivity (Wildman–Crippen MR) is 137 cm³/mol. The third-order valence-electron chi connectivity index (χ3n) is 7.36. The molecular formula is C26H28N4O4S. The molecule has 2 aliphatic heterocycles. The topological polar surface area (TPSA) is 89.5 Å². The number of aromatic nitrogens is 3. The Balaban J connectivity index is 1.09. The van der Waals surface area contributed by atoms with Gasteiger partial charge in [-0.2, -0.15) is 0 Å². The summed E-state index contributed by atoms with van der Waals surface area (Å²) < 4.78 is 14.5. The summed E-state index contributed by atoms with van der Waals surface area (Å²) in [6.45, 7) is 4.11. The van der Waals surface area contributed by atoms with Gasteiger partial charge in [-0.25, -0.2) is 4.79 Å². The highest BCUT2D eigenvalue weighted by Gasteiger charge is 2.37. The van der Waals surface area contributed by atoms with E-state index in [9.17, 15) is 9.59 Å². The van der Waals surface area contributed by atoms with Gasteiger partial charge in [0.1, 0.15) is 21.7 Å². The van der Waals surface area contributed by atoms with Crippen molar-refractivity contribution in [2.45, 2.75) is 31.7 Å². The molecule has 4 aromatic rings. The van der Waals surface area contributed by atoms with Crippen LogP contribution in [0.5, 0.6) is 11.5 Å². The van der Waals surface area contributed by atoms with Gasteiger partial charge in [-0.05, 0) is 62.5 Å². The van der Waals surface area contributed by atoms with Gasteiger partial charge < -0.3 is 19.4 Å². The van der Waals surface area contributed by atoms with Gasteiger partial charge in [0.25, 0.3) is 5.56 Å². The molecule has 182 valence electrons. The average molecular weight is 493 g/mol. The van der Waals surface area contributed by atoms with E-state index in [1.54, 1.807) is 13.3 Å². The number of benzene rings is 1. The second-order valence-electron chi connectivity index (χ2n) is 9.39. The van der Waals surface area contributed by atoms with Crippen molar-refractivity contribution in [3.8, 4) is 11.5 Å². The number of fused-ring (bicyclic) bond motifs is 6. The van der Waals surface area contributed by atoms with Gasteiger partial charge in [-0.3, -0.25) is 14.3 Å². The van der Waals surface area contributed by atoms with Gasteiger partial charge in [0.05, 0.1) is 23.9 Å². The number of pyridine rings is 1. The van der Waals surface area contributed by atoms with Crippen molar-refractivity contribution in [3.63, 3.8) is 0 Å². The summed E-state index contributed by atoms with van der Waals surface area (Å²) >= 11 is 1.39. The van der Waals surface area contributed by atoms with Crippen LogP contribution in [-0.4, -0.2) is 52.8 Å². The Bertz CT molecular complexity index is 1490.